The summed E-state index contributed by atoms with van der Waals surface area (Å²) >= 11 is 0. The largest absolute Gasteiger partial charge is 0.455 e. The minimum Gasteiger partial charge on any atom is -0.455 e. The molecule has 270 valence electrons. The van der Waals surface area contributed by atoms with Gasteiger partial charge in [-0.25, -0.2) is 0 Å². The van der Waals surface area contributed by atoms with E-state index in [1.165, 1.54) is 12.1 Å². The Balaban J connectivity index is 1.34. The molecule has 1 aliphatic rings. The van der Waals surface area contributed by atoms with Crippen LogP contribution in [0.1, 0.15) is 11.1 Å². The van der Waals surface area contributed by atoms with Crippen LogP contribution in [-0.2, 0) is 11.8 Å². The molecular weight excluding hydrogens is 725 g/mol. The molecule has 0 radical (unpaired) electrons. The maximum Gasteiger partial charge on any atom is 0.380 e. The first-order valence-corrected chi connectivity index (χ1v) is 18.0. The van der Waals surface area contributed by atoms with E-state index in [2.05, 4.69) is 0 Å². The second-order valence-corrected chi connectivity index (χ2v) is 14.5. The van der Waals surface area contributed by atoms with Crippen molar-refractivity contribution >= 4 is 76.5 Å². The Morgan fingerprint density at radius 3 is 1.29 bits per heavy atom. The molecule has 0 atom stereocenters. The molecule has 3 heterocycles. The van der Waals surface area contributed by atoms with Crippen molar-refractivity contribution in [3.8, 4) is 27.9 Å². The standard InChI is InChI=1S/C47H23F6NO2/c48-45(49)39-33-22-20-27(31-16-8-14-29-25-12-4-6-18-35(25)55-43(29)31)41-37(33)38-34(40(39)46(50,51)47(45,52)53)23-21-28(42(38)54(41)24-10-2-1-3-11-24)32-17-9-15-30-26-13-5-7-19-36(26)56-44(30)32/h1-23H. The van der Waals surface area contributed by atoms with Crippen molar-refractivity contribution in [3.63, 3.8) is 0 Å². The van der Waals surface area contributed by atoms with Crippen molar-refractivity contribution in [2.45, 2.75) is 17.8 Å². The molecule has 0 spiro atoms. The van der Waals surface area contributed by atoms with Gasteiger partial charge in [0.05, 0.1) is 11.0 Å². The number of benzene rings is 8. The first-order valence-electron chi connectivity index (χ1n) is 18.0. The van der Waals surface area contributed by atoms with Crippen molar-refractivity contribution in [3.05, 3.63) is 151 Å². The van der Waals surface area contributed by atoms with E-state index >= 15 is 26.3 Å². The normalized spacial score (nSPS) is 16.1. The Morgan fingerprint density at radius 2 is 0.804 bits per heavy atom. The monoisotopic (exact) mass is 747 g/mol. The highest BCUT2D eigenvalue weighted by atomic mass is 19.3. The molecule has 9 heteroatoms. The number of furan rings is 2. The van der Waals surface area contributed by atoms with Crippen molar-refractivity contribution in [2.24, 2.45) is 0 Å². The molecule has 0 saturated heterocycles. The Kier molecular flexibility index (Phi) is 5.82. The molecule has 56 heavy (non-hydrogen) atoms. The zero-order chi connectivity index (χ0) is 37.9. The van der Waals surface area contributed by atoms with E-state index in [1.54, 1.807) is 12.1 Å². The fourth-order valence-corrected chi connectivity index (χ4v) is 9.30. The Hall–Kier alpha value is -6.74. The number of nitrogens with zero attached hydrogens (tertiary/aromatic N) is 1. The summed E-state index contributed by atoms with van der Waals surface area (Å²) in [6.07, 6.45) is 0. The molecule has 11 aromatic rings. The highest BCUT2D eigenvalue weighted by Crippen LogP contribution is 2.67. The average Bonchev–Trinajstić information content (AvgIpc) is 3.92. The van der Waals surface area contributed by atoms with Gasteiger partial charge in [0, 0.05) is 71.4 Å². The third-order valence-corrected chi connectivity index (χ3v) is 11.7. The quantitative estimate of drug-likeness (QED) is 0.133. The molecular formula is C47H23F6NO2. The lowest BCUT2D eigenvalue weighted by atomic mass is 9.88. The number of fused-ring (bicyclic) bond motifs is 9. The zero-order valence-electron chi connectivity index (χ0n) is 28.8. The molecule has 8 aromatic carbocycles. The van der Waals surface area contributed by atoms with Gasteiger partial charge in [0.2, 0.25) is 0 Å². The second kappa shape index (κ2) is 10.3. The number of halogens is 6. The summed E-state index contributed by atoms with van der Waals surface area (Å²) in [6, 6.07) is 41.2. The first-order chi connectivity index (χ1) is 27.1. The van der Waals surface area contributed by atoms with Gasteiger partial charge in [-0.3, -0.25) is 0 Å². The molecule has 0 N–H and O–H groups in total. The van der Waals surface area contributed by atoms with Crippen LogP contribution < -0.4 is 0 Å². The molecule has 0 amide bonds. The molecule has 0 bridgehead atoms. The molecule has 0 saturated carbocycles. The summed E-state index contributed by atoms with van der Waals surface area (Å²) < 4.78 is 110. The minimum absolute atomic E-state index is 0.162. The topological polar surface area (TPSA) is 31.2 Å². The molecule has 0 fully saturated rings. The average molecular weight is 748 g/mol. The summed E-state index contributed by atoms with van der Waals surface area (Å²) in [4.78, 5) is 0. The summed E-state index contributed by atoms with van der Waals surface area (Å²) in [5.74, 6) is -16.0. The van der Waals surface area contributed by atoms with Gasteiger partial charge in [-0.05, 0) is 35.0 Å². The predicted molar refractivity (Wildman–Crippen MR) is 208 cm³/mol. The Bertz CT molecular complexity index is 3260. The van der Waals surface area contributed by atoms with E-state index in [9.17, 15) is 0 Å². The van der Waals surface area contributed by atoms with Crippen LogP contribution in [0.2, 0.25) is 0 Å². The number of hydrogen-bond acceptors (Lipinski definition) is 2. The van der Waals surface area contributed by atoms with Gasteiger partial charge in [0.1, 0.15) is 22.3 Å². The van der Waals surface area contributed by atoms with Crippen LogP contribution in [0.25, 0.3) is 104 Å². The van der Waals surface area contributed by atoms with Crippen LogP contribution in [-0.4, -0.2) is 10.5 Å². The van der Waals surface area contributed by atoms with Gasteiger partial charge < -0.3 is 13.4 Å². The highest BCUT2D eigenvalue weighted by molar-refractivity contribution is 6.32. The van der Waals surface area contributed by atoms with Gasteiger partial charge in [-0.2, -0.15) is 26.3 Å². The number of hydrogen-bond donors (Lipinski definition) is 0. The molecule has 0 unspecified atom stereocenters. The van der Waals surface area contributed by atoms with Crippen molar-refractivity contribution in [1.29, 1.82) is 0 Å². The van der Waals surface area contributed by atoms with E-state index in [1.807, 2.05) is 120 Å². The van der Waals surface area contributed by atoms with Crippen LogP contribution in [0, 0.1) is 0 Å². The van der Waals surface area contributed by atoms with Crippen LogP contribution in [0.4, 0.5) is 26.3 Å². The summed E-state index contributed by atoms with van der Waals surface area (Å²) in [7, 11) is 0. The van der Waals surface area contributed by atoms with Crippen molar-refractivity contribution in [1.82, 2.24) is 4.57 Å². The summed E-state index contributed by atoms with van der Waals surface area (Å²) in [5.41, 5.74) is 3.27. The number of alkyl halides is 6. The highest BCUT2D eigenvalue weighted by Gasteiger charge is 2.80. The summed E-state index contributed by atoms with van der Waals surface area (Å²) in [5, 5.41) is 2.95. The Labute approximate surface area is 311 Å². The molecule has 3 aromatic heterocycles. The van der Waals surface area contributed by atoms with E-state index in [0.29, 0.717) is 61.3 Å². The first kappa shape index (κ1) is 31.6. The molecule has 0 aliphatic heterocycles. The number of para-hydroxylation sites is 5. The van der Waals surface area contributed by atoms with Gasteiger partial charge in [-0.15, -0.1) is 0 Å². The lowest BCUT2D eigenvalue weighted by Gasteiger charge is -2.23. The maximum absolute atomic E-state index is 16.1. The third kappa shape index (κ3) is 3.62. The lowest BCUT2D eigenvalue weighted by molar-refractivity contribution is -0.301. The van der Waals surface area contributed by atoms with Gasteiger partial charge in [0.15, 0.2) is 0 Å². The lowest BCUT2D eigenvalue weighted by Crippen LogP contribution is -2.43. The van der Waals surface area contributed by atoms with Crippen molar-refractivity contribution < 1.29 is 35.2 Å². The summed E-state index contributed by atoms with van der Waals surface area (Å²) in [6.45, 7) is 0. The second-order valence-electron chi connectivity index (χ2n) is 14.5. The fourth-order valence-electron chi connectivity index (χ4n) is 9.30. The maximum atomic E-state index is 16.1. The predicted octanol–water partition coefficient (Wildman–Crippen LogP) is 14.3. The fraction of sp³-hybridized carbons (Fsp3) is 0.0638. The van der Waals surface area contributed by atoms with Crippen LogP contribution in [0.3, 0.4) is 0 Å². The van der Waals surface area contributed by atoms with Gasteiger partial charge in [-0.1, -0.05) is 115 Å². The van der Waals surface area contributed by atoms with E-state index in [0.717, 1.165) is 21.5 Å². The van der Waals surface area contributed by atoms with E-state index in [-0.39, 0.29) is 21.5 Å². The number of aromatic nitrogens is 1. The van der Waals surface area contributed by atoms with E-state index in [4.69, 9.17) is 8.83 Å². The number of rotatable bonds is 3. The minimum atomic E-state index is -5.68. The van der Waals surface area contributed by atoms with Gasteiger partial charge >= 0.3 is 17.8 Å². The molecule has 3 nitrogen and oxygen atoms in total. The van der Waals surface area contributed by atoms with Gasteiger partial charge in [0.25, 0.3) is 0 Å². The van der Waals surface area contributed by atoms with Crippen LogP contribution >= 0.6 is 0 Å². The Morgan fingerprint density at radius 1 is 0.375 bits per heavy atom. The van der Waals surface area contributed by atoms with Crippen LogP contribution in [0.5, 0.6) is 0 Å². The van der Waals surface area contributed by atoms with Crippen molar-refractivity contribution in [2.75, 3.05) is 0 Å². The zero-order valence-corrected chi connectivity index (χ0v) is 28.8. The van der Waals surface area contributed by atoms with E-state index < -0.39 is 28.9 Å². The van der Waals surface area contributed by atoms with Crippen LogP contribution in [0.15, 0.2) is 148 Å². The smallest absolute Gasteiger partial charge is 0.380 e. The SMILES string of the molecule is FC1(F)c2c(c3ccc(-c4cccc5c4oc4ccccc45)c4c3c3c2ccc(-c2cccc5c2oc2ccccc25)c3n4-c2ccccc2)C(F)(F)C1(F)F. The molecule has 12 rings (SSSR count). The molecule has 1 aliphatic carbocycles. The third-order valence-electron chi connectivity index (χ3n) is 11.7.